The minimum absolute atomic E-state index is 0.0449. The number of carbonyl (C=O) groups is 1. The van der Waals surface area contributed by atoms with Crippen LogP contribution in [-0.2, 0) is 17.9 Å². The second kappa shape index (κ2) is 7.17. The molecule has 2 aromatic rings. The molecule has 118 valence electrons. The van der Waals surface area contributed by atoms with Crippen LogP contribution in [0.5, 0.6) is 0 Å². The molecular weight excluding hydrogens is 282 g/mol. The highest BCUT2D eigenvalue weighted by Crippen LogP contribution is 2.21. The molecule has 1 saturated heterocycles. The SMILES string of the molecule is O=C(Cn1ccc(C2CCCNC2)n1)NCCn1ccnn1. The van der Waals surface area contributed by atoms with Crippen LogP contribution in [0.25, 0.3) is 0 Å². The van der Waals surface area contributed by atoms with E-state index in [9.17, 15) is 4.79 Å². The molecule has 0 bridgehead atoms. The average Bonchev–Trinajstić information content (AvgIpc) is 3.20. The Balaban J connectivity index is 1.44. The Morgan fingerprint density at radius 1 is 1.41 bits per heavy atom. The minimum Gasteiger partial charge on any atom is -0.353 e. The van der Waals surface area contributed by atoms with Crippen molar-refractivity contribution in [3.05, 3.63) is 30.4 Å². The lowest BCUT2D eigenvalue weighted by Gasteiger charge is -2.20. The molecule has 8 nitrogen and oxygen atoms in total. The smallest absolute Gasteiger partial charge is 0.241 e. The predicted molar refractivity (Wildman–Crippen MR) is 80.1 cm³/mol. The topological polar surface area (TPSA) is 89.7 Å². The zero-order valence-electron chi connectivity index (χ0n) is 12.5. The Hall–Kier alpha value is -2.22. The Kier molecular flexibility index (Phi) is 4.79. The molecule has 0 saturated carbocycles. The van der Waals surface area contributed by atoms with Crippen LogP contribution in [-0.4, -0.2) is 50.3 Å². The van der Waals surface area contributed by atoms with Gasteiger partial charge in [0.05, 0.1) is 18.4 Å². The van der Waals surface area contributed by atoms with Crippen molar-refractivity contribution in [1.29, 1.82) is 0 Å². The van der Waals surface area contributed by atoms with Gasteiger partial charge in [-0.05, 0) is 25.5 Å². The maximum absolute atomic E-state index is 11.9. The van der Waals surface area contributed by atoms with Crippen molar-refractivity contribution in [3.63, 3.8) is 0 Å². The van der Waals surface area contributed by atoms with Crippen LogP contribution in [0.1, 0.15) is 24.5 Å². The first-order valence-electron chi connectivity index (χ1n) is 7.66. The molecule has 8 heteroatoms. The molecule has 2 aromatic heterocycles. The van der Waals surface area contributed by atoms with E-state index in [0.29, 0.717) is 19.0 Å². The first-order chi connectivity index (χ1) is 10.8. The zero-order chi connectivity index (χ0) is 15.2. The molecule has 3 heterocycles. The molecule has 2 N–H and O–H groups in total. The van der Waals surface area contributed by atoms with Crippen molar-refractivity contribution in [2.24, 2.45) is 0 Å². The summed E-state index contributed by atoms with van der Waals surface area (Å²) in [4.78, 5) is 11.9. The number of nitrogens with zero attached hydrogens (tertiary/aromatic N) is 5. The maximum atomic E-state index is 11.9. The summed E-state index contributed by atoms with van der Waals surface area (Å²) in [6, 6.07) is 2.01. The second-order valence-corrected chi connectivity index (χ2v) is 5.50. The van der Waals surface area contributed by atoms with Gasteiger partial charge in [-0.3, -0.25) is 14.2 Å². The number of aromatic nitrogens is 5. The van der Waals surface area contributed by atoms with E-state index in [1.807, 2.05) is 12.3 Å². The number of carbonyl (C=O) groups excluding carboxylic acids is 1. The summed E-state index contributed by atoms with van der Waals surface area (Å²) < 4.78 is 3.39. The first kappa shape index (κ1) is 14.7. The molecule has 0 aromatic carbocycles. The van der Waals surface area contributed by atoms with Crippen LogP contribution >= 0.6 is 0 Å². The summed E-state index contributed by atoms with van der Waals surface area (Å²) in [5, 5.41) is 18.3. The lowest BCUT2D eigenvalue weighted by Crippen LogP contribution is -2.31. The van der Waals surface area contributed by atoms with E-state index in [1.54, 1.807) is 21.8 Å². The molecule has 1 amide bonds. The number of hydrogen-bond donors (Lipinski definition) is 2. The van der Waals surface area contributed by atoms with Crippen LogP contribution in [0.3, 0.4) is 0 Å². The normalized spacial score (nSPS) is 18.3. The fourth-order valence-electron chi connectivity index (χ4n) is 2.65. The van der Waals surface area contributed by atoms with Gasteiger partial charge >= 0.3 is 0 Å². The molecule has 1 aliphatic heterocycles. The Labute approximate surface area is 128 Å². The van der Waals surface area contributed by atoms with E-state index < -0.39 is 0 Å². The van der Waals surface area contributed by atoms with Crippen LogP contribution in [0.15, 0.2) is 24.7 Å². The molecule has 22 heavy (non-hydrogen) atoms. The number of rotatable bonds is 6. The number of nitrogens with one attached hydrogen (secondary N) is 2. The second-order valence-electron chi connectivity index (χ2n) is 5.50. The van der Waals surface area contributed by atoms with Gasteiger partial charge in [0.25, 0.3) is 0 Å². The van der Waals surface area contributed by atoms with Gasteiger partial charge in [-0.1, -0.05) is 5.21 Å². The number of hydrogen-bond acceptors (Lipinski definition) is 5. The molecule has 0 spiro atoms. The van der Waals surface area contributed by atoms with Gasteiger partial charge in [0.15, 0.2) is 0 Å². The predicted octanol–water partition coefficient (Wildman–Crippen LogP) is -0.242. The largest absolute Gasteiger partial charge is 0.353 e. The summed E-state index contributed by atoms with van der Waals surface area (Å²) in [5.74, 6) is 0.418. The van der Waals surface area contributed by atoms with E-state index in [1.165, 1.54) is 6.42 Å². The van der Waals surface area contributed by atoms with Crippen molar-refractivity contribution in [2.75, 3.05) is 19.6 Å². The van der Waals surface area contributed by atoms with Crippen LogP contribution < -0.4 is 10.6 Å². The van der Waals surface area contributed by atoms with Crippen molar-refractivity contribution in [1.82, 2.24) is 35.4 Å². The quantitative estimate of drug-likeness (QED) is 0.768. The molecule has 3 rings (SSSR count). The van der Waals surface area contributed by atoms with Gasteiger partial charge in [-0.2, -0.15) is 5.10 Å². The zero-order valence-corrected chi connectivity index (χ0v) is 12.5. The van der Waals surface area contributed by atoms with Crippen LogP contribution in [0, 0.1) is 0 Å². The molecule has 0 radical (unpaired) electrons. The average molecular weight is 303 g/mol. The highest BCUT2D eigenvalue weighted by Gasteiger charge is 2.17. The molecular formula is C14H21N7O. The van der Waals surface area contributed by atoms with E-state index in [2.05, 4.69) is 26.0 Å². The first-order valence-corrected chi connectivity index (χ1v) is 7.66. The van der Waals surface area contributed by atoms with E-state index in [4.69, 9.17) is 0 Å². The van der Waals surface area contributed by atoms with Crippen molar-refractivity contribution in [3.8, 4) is 0 Å². The third-order valence-corrected chi connectivity index (χ3v) is 3.82. The third-order valence-electron chi connectivity index (χ3n) is 3.82. The molecule has 1 unspecified atom stereocenters. The molecule has 1 atom stereocenters. The highest BCUT2D eigenvalue weighted by atomic mass is 16.2. The Morgan fingerprint density at radius 3 is 3.14 bits per heavy atom. The summed E-state index contributed by atoms with van der Waals surface area (Å²) in [6.45, 7) is 3.46. The van der Waals surface area contributed by atoms with Crippen molar-refractivity contribution < 1.29 is 4.79 Å². The summed E-state index contributed by atoms with van der Waals surface area (Å²) >= 11 is 0. The fraction of sp³-hybridized carbons (Fsp3) is 0.571. The van der Waals surface area contributed by atoms with Crippen LogP contribution in [0.4, 0.5) is 0 Å². The van der Waals surface area contributed by atoms with E-state index >= 15 is 0 Å². The van der Waals surface area contributed by atoms with Gasteiger partial charge in [-0.25, -0.2) is 0 Å². The Bertz CT molecular complexity index is 586. The summed E-state index contributed by atoms with van der Waals surface area (Å²) in [5.41, 5.74) is 1.07. The van der Waals surface area contributed by atoms with Gasteiger partial charge in [0.1, 0.15) is 6.54 Å². The standard InChI is InChI=1S/C14H21N7O/c22-14(16-5-8-20-9-6-17-19-20)11-21-7-3-13(18-21)12-2-1-4-15-10-12/h3,6-7,9,12,15H,1-2,4-5,8,10-11H2,(H,16,22). The van der Waals surface area contributed by atoms with Gasteiger partial charge in [-0.15, -0.1) is 5.10 Å². The third kappa shape index (κ3) is 3.91. The summed E-state index contributed by atoms with van der Waals surface area (Å²) in [7, 11) is 0. The van der Waals surface area contributed by atoms with Gasteiger partial charge < -0.3 is 10.6 Å². The van der Waals surface area contributed by atoms with Gasteiger partial charge in [0, 0.05) is 31.4 Å². The van der Waals surface area contributed by atoms with Gasteiger partial charge in [0.2, 0.25) is 5.91 Å². The Morgan fingerprint density at radius 2 is 2.36 bits per heavy atom. The molecule has 1 fully saturated rings. The van der Waals surface area contributed by atoms with Crippen LogP contribution in [0.2, 0.25) is 0 Å². The van der Waals surface area contributed by atoms with E-state index in [-0.39, 0.29) is 12.5 Å². The highest BCUT2D eigenvalue weighted by molar-refractivity contribution is 5.75. The fourth-order valence-corrected chi connectivity index (χ4v) is 2.65. The minimum atomic E-state index is -0.0449. The van der Waals surface area contributed by atoms with E-state index in [0.717, 1.165) is 25.2 Å². The number of piperidine rings is 1. The van der Waals surface area contributed by atoms with Crippen molar-refractivity contribution >= 4 is 5.91 Å². The monoisotopic (exact) mass is 303 g/mol. The molecule has 1 aliphatic rings. The summed E-state index contributed by atoms with van der Waals surface area (Å²) in [6.07, 6.45) is 7.60. The number of amides is 1. The van der Waals surface area contributed by atoms with Crippen molar-refractivity contribution in [2.45, 2.75) is 31.8 Å². The lowest BCUT2D eigenvalue weighted by atomic mass is 9.97. The molecule has 0 aliphatic carbocycles. The maximum Gasteiger partial charge on any atom is 0.241 e. The lowest BCUT2D eigenvalue weighted by molar-refractivity contribution is -0.121.